The van der Waals surface area contributed by atoms with E-state index in [0.29, 0.717) is 16.6 Å². The molecule has 0 saturated carbocycles. The molecule has 0 aliphatic heterocycles. The maximum atomic E-state index is 13.4. The number of aromatic nitrogens is 3. The third-order valence-electron chi connectivity index (χ3n) is 5.23. The summed E-state index contributed by atoms with van der Waals surface area (Å²) >= 11 is 1.26. The van der Waals surface area contributed by atoms with E-state index >= 15 is 0 Å². The van der Waals surface area contributed by atoms with Gasteiger partial charge in [0.15, 0.2) is 5.16 Å². The van der Waals surface area contributed by atoms with E-state index in [1.807, 2.05) is 26.0 Å². The lowest BCUT2D eigenvalue weighted by Crippen LogP contribution is -2.55. The molecule has 0 spiro atoms. The van der Waals surface area contributed by atoms with Gasteiger partial charge in [0.1, 0.15) is 11.3 Å². The SMILES string of the molecule is COc1ccc(NC(=O)C(C)(C)N(Cc2cccnc2)C(=O)CSc2nc(C)cc(C)n2)cc1. The molecule has 1 aromatic carbocycles. The second-order valence-corrected chi connectivity index (χ2v) is 9.25. The number of anilines is 1. The van der Waals surface area contributed by atoms with E-state index in [4.69, 9.17) is 4.74 Å². The van der Waals surface area contributed by atoms with E-state index < -0.39 is 5.54 Å². The summed E-state index contributed by atoms with van der Waals surface area (Å²) in [6, 6.07) is 12.6. The molecule has 0 fully saturated rings. The van der Waals surface area contributed by atoms with Crippen molar-refractivity contribution in [2.75, 3.05) is 18.2 Å². The monoisotopic (exact) mass is 479 g/mol. The van der Waals surface area contributed by atoms with Crippen molar-refractivity contribution in [2.24, 2.45) is 0 Å². The fourth-order valence-corrected chi connectivity index (χ4v) is 4.14. The molecule has 0 atom stereocenters. The molecule has 0 radical (unpaired) electrons. The van der Waals surface area contributed by atoms with Gasteiger partial charge >= 0.3 is 0 Å². The molecule has 0 bridgehead atoms. The minimum Gasteiger partial charge on any atom is -0.497 e. The quantitative estimate of drug-likeness (QED) is 0.365. The van der Waals surface area contributed by atoms with Crippen LogP contribution >= 0.6 is 11.8 Å². The molecule has 0 aliphatic rings. The van der Waals surface area contributed by atoms with E-state index in [1.165, 1.54) is 11.8 Å². The number of amides is 2. The van der Waals surface area contributed by atoms with Gasteiger partial charge in [0.25, 0.3) is 0 Å². The molecule has 3 aromatic rings. The van der Waals surface area contributed by atoms with E-state index in [9.17, 15) is 9.59 Å². The second-order valence-electron chi connectivity index (χ2n) is 8.30. The highest BCUT2D eigenvalue weighted by Gasteiger charge is 2.38. The van der Waals surface area contributed by atoms with E-state index in [2.05, 4.69) is 20.3 Å². The Morgan fingerprint density at radius 1 is 1.09 bits per heavy atom. The fourth-order valence-electron chi connectivity index (χ4n) is 3.32. The molecular formula is C25H29N5O3S. The van der Waals surface area contributed by atoms with Crippen molar-refractivity contribution < 1.29 is 14.3 Å². The number of hydrogen-bond acceptors (Lipinski definition) is 7. The van der Waals surface area contributed by atoms with Gasteiger partial charge in [-0.05, 0) is 69.7 Å². The molecule has 2 amide bonds. The first-order chi connectivity index (χ1) is 16.2. The average Bonchev–Trinajstić information content (AvgIpc) is 2.81. The lowest BCUT2D eigenvalue weighted by Gasteiger charge is -2.37. The van der Waals surface area contributed by atoms with Crippen LogP contribution in [0.2, 0.25) is 0 Å². The van der Waals surface area contributed by atoms with Crippen molar-refractivity contribution in [1.29, 1.82) is 0 Å². The maximum absolute atomic E-state index is 13.4. The summed E-state index contributed by atoms with van der Waals surface area (Å²) in [5, 5.41) is 3.44. The number of pyridine rings is 1. The maximum Gasteiger partial charge on any atom is 0.249 e. The Morgan fingerprint density at radius 3 is 2.35 bits per heavy atom. The molecule has 8 nitrogen and oxygen atoms in total. The lowest BCUT2D eigenvalue weighted by molar-refractivity contribution is -0.142. The number of hydrogen-bond donors (Lipinski definition) is 1. The van der Waals surface area contributed by atoms with Crippen LogP contribution in [0.3, 0.4) is 0 Å². The number of carbonyl (C=O) groups excluding carboxylic acids is 2. The third-order valence-corrected chi connectivity index (χ3v) is 6.06. The summed E-state index contributed by atoms with van der Waals surface area (Å²) in [7, 11) is 1.58. The van der Waals surface area contributed by atoms with E-state index in [0.717, 1.165) is 17.0 Å². The molecular weight excluding hydrogens is 450 g/mol. The third kappa shape index (κ3) is 6.54. The molecule has 0 saturated heterocycles. The van der Waals surface area contributed by atoms with Gasteiger partial charge in [-0.2, -0.15) is 0 Å². The number of carbonyl (C=O) groups is 2. The molecule has 3 rings (SSSR count). The zero-order chi connectivity index (χ0) is 24.7. The first kappa shape index (κ1) is 25.2. The summed E-state index contributed by atoms with van der Waals surface area (Å²) in [6.45, 7) is 7.49. The predicted molar refractivity (Wildman–Crippen MR) is 133 cm³/mol. The van der Waals surface area contributed by atoms with Gasteiger partial charge in [-0.3, -0.25) is 14.6 Å². The van der Waals surface area contributed by atoms with Crippen molar-refractivity contribution in [3.05, 3.63) is 71.8 Å². The number of ether oxygens (including phenoxy) is 1. The van der Waals surface area contributed by atoms with Crippen molar-refractivity contribution >= 4 is 29.3 Å². The van der Waals surface area contributed by atoms with Gasteiger partial charge in [-0.15, -0.1) is 0 Å². The topological polar surface area (TPSA) is 97.3 Å². The number of methoxy groups -OCH3 is 1. The fraction of sp³-hybridized carbons (Fsp3) is 0.320. The van der Waals surface area contributed by atoms with Crippen molar-refractivity contribution in [1.82, 2.24) is 19.9 Å². The van der Waals surface area contributed by atoms with Crippen LogP contribution in [0.5, 0.6) is 5.75 Å². The number of aryl methyl sites for hydroxylation is 2. The zero-order valence-corrected chi connectivity index (χ0v) is 20.8. The van der Waals surface area contributed by atoms with Crippen LogP contribution < -0.4 is 10.1 Å². The van der Waals surface area contributed by atoms with Crippen LogP contribution in [0, 0.1) is 13.8 Å². The zero-order valence-electron chi connectivity index (χ0n) is 20.0. The predicted octanol–water partition coefficient (Wildman–Crippen LogP) is 4.04. The Morgan fingerprint density at radius 2 is 1.76 bits per heavy atom. The highest BCUT2D eigenvalue weighted by Crippen LogP contribution is 2.24. The highest BCUT2D eigenvalue weighted by atomic mass is 32.2. The Labute approximate surface area is 204 Å². The van der Waals surface area contributed by atoms with Crippen LogP contribution in [0.25, 0.3) is 0 Å². The summed E-state index contributed by atoms with van der Waals surface area (Å²) in [6.07, 6.45) is 3.36. The second kappa shape index (κ2) is 11.1. The van der Waals surface area contributed by atoms with E-state index in [1.54, 1.807) is 68.6 Å². The smallest absolute Gasteiger partial charge is 0.249 e. The molecule has 1 N–H and O–H groups in total. The minimum atomic E-state index is -1.14. The van der Waals surface area contributed by atoms with Gasteiger partial charge in [0.05, 0.1) is 12.9 Å². The molecule has 0 aliphatic carbocycles. The van der Waals surface area contributed by atoms with Crippen molar-refractivity contribution in [3.63, 3.8) is 0 Å². The van der Waals surface area contributed by atoms with Crippen LogP contribution in [-0.2, 0) is 16.1 Å². The Bertz CT molecular complexity index is 1120. The number of benzene rings is 1. The minimum absolute atomic E-state index is 0.0996. The van der Waals surface area contributed by atoms with Gasteiger partial charge in [0, 0.05) is 36.0 Å². The molecule has 9 heteroatoms. The van der Waals surface area contributed by atoms with Gasteiger partial charge in [-0.25, -0.2) is 9.97 Å². The molecule has 34 heavy (non-hydrogen) atoms. The van der Waals surface area contributed by atoms with E-state index in [-0.39, 0.29) is 24.1 Å². The lowest BCUT2D eigenvalue weighted by atomic mass is 10.00. The summed E-state index contributed by atoms with van der Waals surface area (Å²) in [4.78, 5) is 41.2. The van der Waals surface area contributed by atoms with Crippen molar-refractivity contribution in [2.45, 2.75) is 44.9 Å². The Hall–Kier alpha value is -3.46. The Balaban J connectivity index is 1.80. The number of thioether (sulfide) groups is 1. The summed E-state index contributed by atoms with van der Waals surface area (Å²) < 4.78 is 5.17. The number of nitrogens with one attached hydrogen (secondary N) is 1. The molecule has 2 aromatic heterocycles. The van der Waals surface area contributed by atoms with Crippen molar-refractivity contribution in [3.8, 4) is 5.75 Å². The van der Waals surface area contributed by atoms with Gasteiger partial charge in [0.2, 0.25) is 11.8 Å². The summed E-state index contributed by atoms with van der Waals surface area (Å²) in [5.74, 6) is 0.285. The standard InChI is InChI=1S/C25H29N5O3S/c1-17-13-18(2)28-24(27-17)34-16-22(31)30(15-19-7-6-12-26-14-19)25(3,4)23(32)29-20-8-10-21(33-5)11-9-20/h6-14H,15-16H2,1-5H3,(H,29,32). The first-order valence-electron chi connectivity index (χ1n) is 10.8. The molecule has 0 unspecified atom stereocenters. The largest absolute Gasteiger partial charge is 0.497 e. The first-order valence-corrected chi connectivity index (χ1v) is 11.8. The molecule has 178 valence electrons. The molecule has 2 heterocycles. The highest BCUT2D eigenvalue weighted by molar-refractivity contribution is 7.99. The normalized spacial score (nSPS) is 11.1. The Kier molecular flexibility index (Phi) is 8.22. The van der Waals surface area contributed by atoms with Crippen LogP contribution in [0.1, 0.15) is 30.8 Å². The van der Waals surface area contributed by atoms with Crippen LogP contribution in [-0.4, -0.2) is 50.1 Å². The average molecular weight is 480 g/mol. The summed E-state index contributed by atoms with van der Waals surface area (Å²) in [5.41, 5.74) is 1.98. The van der Waals surface area contributed by atoms with Crippen LogP contribution in [0.4, 0.5) is 5.69 Å². The number of rotatable bonds is 9. The van der Waals surface area contributed by atoms with Gasteiger partial charge < -0.3 is 15.0 Å². The van der Waals surface area contributed by atoms with Gasteiger partial charge in [-0.1, -0.05) is 17.8 Å². The number of nitrogens with zero attached hydrogens (tertiary/aromatic N) is 4. The van der Waals surface area contributed by atoms with Crippen LogP contribution in [0.15, 0.2) is 60.0 Å².